The van der Waals surface area contributed by atoms with Gasteiger partial charge in [-0.3, -0.25) is 4.99 Å². The van der Waals surface area contributed by atoms with E-state index in [0.717, 1.165) is 48.9 Å². The summed E-state index contributed by atoms with van der Waals surface area (Å²) >= 11 is 0. The topological polar surface area (TPSA) is 58.8 Å². The summed E-state index contributed by atoms with van der Waals surface area (Å²) < 4.78 is 11.5. The molecule has 0 amide bonds. The van der Waals surface area contributed by atoms with Crippen LogP contribution in [0.5, 0.6) is 0 Å². The second-order valence-electron chi connectivity index (χ2n) is 7.18. The van der Waals surface area contributed by atoms with Gasteiger partial charge < -0.3 is 19.8 Å². The number of furan rings is 1. The van der Waals surface area contributed by atoms with Crippen molar-refractivity contribution in [3.8, 4) is 0 Å². The van der Waals surface area contributed by atoms with Crippen LogP contribution in [0.2, 0.25) is 0 Å². The Labute approximate surface area is 179 Å². The number of guanidine groups is 1. The number of ether oxygens (including phenoxy) is 1. The molecule has 1 saturated carbocycles. The Hall–Kier alpha value is -1.28. The number of fused-ring (bicyclic) bond motifs is 1. The fourth-order valence-electron chi connectivity index (χ4n) is 3.86. The second-order valence-corrected chi connectivity index (χ2v) is 7.18. The molecule has 0 spiro atoms. The minimum absolute atomic E-state index is 0. The van der Waals surface area contributed by atoms with E-state index in [4.69, 9.17) is 9.15 Å². The molecule has 1 heterocycles. The van der Waals surface area contributed by atoms with Gasteiger partial charge in [-0.05, 0) is 43.7 Å². The first-order chi connectivity index (χ1) is 12.7. The number of hydrogen-bond acceptors (Lipinski definition) is 3. The van der Waals surface area contributed by atoms with Crippen LogP contribution in [0.25, 0.3) is 11.0 Å². The Kier molecular flexibility index (Phi) is 8.89. The van der Waals surface area contributed by atoms with E-state index in [0.29, 0.717) is 12.0 Å². The lowest BCUT2D eigenvalue weighted by molar-refractivity contribution is 0.105. The molecule has 0 unspecified atom stereocenters. The molecule has 2 N–H and O–H groups in total. The molecule has 0 aliphatic heterocycles. The Balaban J connectivity index is 0.00000261. The van der Waals surface area contributed by atoms with Crippen molar-refractivity contribution < 1.29 is 9.15 Å². The molecule has 3 rings (SSSR count). The quantitative estimate of drug-likeness (QED) is 0.246. The van der Waals surface area contributed by atoms with Crippen LogP contribution in [0.3, 0.4) is 0 Å². The fourth-order valence-corrected chi connectivity index (χ4v) is 3.86. The van der Waals surface area contributed by atoms with E-state index in [9.17, 15) is 0 Å². The van der Waals surface area contributed by atoms with Crippen molar-refractivity contribution in [1.82, 2.24) is 10.6 Å². The van der Waals surface area contributed by atoms with Gasteiger partial charge in [-0.1, -0.05) is 31.0 Å². The first-order valence-electron chi connectivity index (χ1n) is 9.74. The summed E-state index contributed by atoms with van der Waals surface area (Å²) in [5.74, 6) is 1.74. The number of nitrogens with zero attached hydrogens (tertiary/aromatic N) is 1. The van der Waals surface area contributed by atoms with Crippen LogP contribution in [0.1, 0.15) is 44.8 Å². The average molecular weight is 485 g/mol. The lowest BCUT2D eigenvalue weighted by Gasteiger charge is -2.30. The van der Waals surface area contributed by atoms with Gasteiger partial charge in [-0.25, -0.2) is 0 Å². The van der Waals surface area contributed by atoms with Crippen LogP contribution < -0.4 is 10.6 Å². The Morgan fingerprint density at radius 3 is 2.70 bits per heavy atom. The molecule has 1 aromatic heterocycles. The zero-order valence-electron chi connectivity index (χ0n) is 16.4. The monoisotopic (exact) mass is 485 g/mol. The normalized spacial score (nSPS) is 16.3. The minimum Gasteiger partial charge on any atom is -0.459 e. The van der Waals surface area contributed by atoms with Gasteiger partial charge >= 0.3 is 0 Å². The van der Waals surface area contributed by atoms with Gasteiger partial charge in [0.05, 0.1) is 6.54 Å². The highest BCUT2D eigenvalue weighted by molar-refractivity contribution is 14.0. The van der Waals surface area contributed by atoms with Gasteiger partial charge in [0.25, 0.3) is 0 Å². The van der Waals surface area contributed by atoms with Crippen molar-refractivity contribution in [3.05, 3.63) is 36.1 Å². The summed E-state index contributed by atoms with van der Waals surface area (Å²) in [6.07, 6.45) is 6.30. The maximum absolute atomic E-state index is 5.86. The molecule has 1 aromatic carbocycles. The van der Waals surface area contributed by atoms with E-state index in [1.54, 1.807) is 0 Å². The molecule has 5 nitrogen and oxygen atoms in total. The Bertz CT molecular complexity index is 690. The largest absolute Gasteiger partial charge is 0.459 e. The van der Waals surface area contributed by atoms with E-state index < -0.39 is 0 Å². The maximum Gasteiger partial charge on any atom is 0.191 e. The van der Waals surface area contributed by atoms with E-state index >= 15 is 0 Å². The number of hydrogen-bond donors (Lipinski definition) is 2. The zero-order chi connectivity index (χ0) is 18.2. The van der Waals surface area contributed by atoms with Crippen LogP contribution >= 0.6 is 24.0 Å². The lowest BCUT2D eigenvalue weighted by Crippen LogP contribution is -2.43. The van der Waals surface area contributed by atoms with Crippen molar-refractivity contribution in [2.75, 3.05) is 26.8 Å². The predicted octanol–water partition coefficient (Wildman–Crippen LogP) is 4.70. The SMILES string of the molecule is CCOCCC1(CNC(=NC)NCc2cc3ccccc3o2)CCCC1.I. The van der Waals surface area contributed by atoms with E-state index in [1.807, 2.05) is 25.2 Å². The van der Waals surface area contributed by atoms with Gasteiger partial charge in [-0.15, -0.1) is 24.0 Å². The van der Waals surface area contributed by atoms with Crippen molar-refractivity contribution in [3.63, 3.8) is 0 Å². The summed E-state index contributed by atoms with van der Waals surface area (Å²) in [6.45, 7) is 5.27. The molecule has 27 heavy (non-hydrogen) atoms. The number of aliphatic imine (C=N–C) groups is 1. The molecule has 6 heteroatoms. The van der Waals surface area contributed by atoms with Crippen molar-refractivity contribution in [1.29, 1.82) is 0 Å². The first kappa shape index (κ1) is 22.0. The molecule has 2 aromatic rings. The maximum atomic E-state index is 5.86. The highest BCUT2D eigenvalue weighted by atomic mass is 127. The standard InChI is InChI=1S/C21H31N3O2.HI/c1-3-25-13-12-21(10-6-7-11-21)16-24-20(22-2)23-15-18-14-17-8-4-5-9-19(17)26-18;/h4-5,8-9,14H,3,6-7,10-13,15-16H2,1-2H3,(H2,22,23,24);1H. The molecule has 1 aliphatic rings. The van der Waals surface area contributed by atoms with Crippen LogP contribution in [0.4, 0.5) is 0 Å². The number of rotatable bonds is 8. The molecule has 1 fully saturated rings. The number of benzene rings is 1. The molecule has 0 radical (unpaired) electrons. The number of nitrogens with one attached hydrogen (secondary N) is 2. The van der Waals surface area contributed by atoms with Crippen LogP contribution in [0, 0.1) is 5.41 Å². The van der Waals surface area contributed by atoms with Gasteiger partial charge in [0, 0.05) is 32.2 Å². The fraction of sp³-hybridized carbons (Fsp3) is 0.571. The minimum atomic E-state index is 0. The molecule has 0 saturated heterocycles. The molecule has 0 atom stereocenters. The average Bonchev–Trinajstić information content (AvgIpc) is 3.29. The highest BCUT2D eigenvalue weighted by Gasteiger charge is 2.33. The lowest BCUT2D eigenvalue weighted by atomic mass is 9.83. The van der Waals surface area contributed by atoms with Gasteiger partial charge in [0.2, 0.25) is 0 Å². The Morgan fingerprint density at radius 1 is 1.22 bits per heavy atom. The molecule has 0 bridgehead atoms. The summed E-state index contributed by atoms with van der Waals surface area (Å²) in [7, 11) is 1.81. The smallest absolute Gasteiger partial charge is 0.191 e. The highest BCUT2D eigenvalue weighted by Crippen LogP contribution is 2.40. The summed E-state index contributed by atoms with van der Waals surface area (Å²) in [4.78, 5) is 4.37. The number of para-hydroxylation sites is 1. The van der Waals surface area contributed by atoms with Crippen LogP contribution in [0.15, 0.2) is 39.7 Å². The van der Waals surface area contributed by atoms with Gasteiger partial charge in [0.15, 0.2) is 5.96 Å². The van der Waals surface area contributed by atoms with Crippen molar-refractivity contribution >= 4 is 40.9 Å². The summed E-state index contributed by atoms with van der Waals surface area (Å²) in [5.41, 5.74) is 1.26. The van der Waals surface area contributed by atoms with Crippen molar-refractivity contribution in [2.45, 2.75) is 45.6 Å². The first-order valence-corrected chi connectivity index (χ1v) is 9.74. The molecular formula is C21H32IN3O2. The van der Waals surface area contributed by atoms with E-state index in [-0.39, 0.29) is 24.0 Å². The Morgan fingerprint density at radius 2 is 2.00 bits per heavy atom. The van der Waals surface area contributed by atoms with Gasteiger partial charge in [0.1, 0.15) is 11.3 Å². The second kappa shape index (κ2) is 10.9. The van der Waals surface area contributed by atoms with Crippen molar-refractivity contribution in [2.24, 2.45) is 10.4 Å². The summed E-state index contributed by atoms with van der Waals surface area (Å²) in [6, 6.07) is 10.2. The van der Waals surface area contributed by atoms with Crippen LogP contribution in [-0.4, -0.2) is 32.8 Å². The molecule has 150 valence electrons. The third-order valence-corrected chi connectivity index (χ3v) is 5.41. The molecular weight excluding hydrogens is 453 g/mol. The third-order valence-electron chi connectivity index (χ3n) is 5.41. The van der Waals surface area contributed by atoms with Crippen LogP contribution in [-0.2, 0) is 11.3 Å². The third kappa shape index (κ3) is 6.10. The van der Waals surface area contributed by atoms with Gasteiger partial charge in [-0.2, -0.15) is 0 Å². The summed E-state index contributed by atoms with van der Waals surface area (Å²) in [5, 5.41) is 8.03. The number of halogens is 1. The van der Waals surface area contributed by atoms with E-state index in [1.165, 1.54) is 25.7 Å². The van der Waals surface area contributed by atoms with E-state index in [2.05, 4.69) is 34.7 Å². The predicted molar refractivity (Wildman–Crippen MR) is 122 cm³/mol. The molecule has 1 aliphatic carbocycles. The zero-order valence-corrected chi connectivity index (χ0v) is 18.8.